The Hall–Kier alpha value is -2.58. The molecule has 0 amide bonds. The summed E-state index contributed by atoms with van der Waals surface area (Å²) in [5.74, 6) is 0.746. The number of nitrogens with one attached hydrogen (secondary N) is 2. The maximum absolute atomic E-state index is 12.2. The molecule has 2 aromatic carbocycles. The first kappa shape index (κ1) is 22.1. The van der Waals surface area contributed by atoms with Crippen molar-refractivity contribution in [1.82, 2.24) is 14.9 Å². The van der Waals surface area contributed by atoms with Crippen LogP contribution in [0.1, 0.15) is 17.5 Å². The Morgan fingerprint density at radius 1 is 1.13 bits per heavy atom. The van der Waals surface area contributed by atoms with Crippen LogP contribution in [-0.4, -0.2) is 59.0 Å². The van der Waals surface area contributed by atoms with E-state index in [9.17, 15) is 8.42 Å². The van der Waals surface area contributed by atoms with Crippen LogP contribution in [0.15, 0.2) is 58.4 Å². The maximum Gasteiger partial charge on any atom is 0.242 e. The first-order chi connectivity index (χ1) is 14.3. The number of hydrogen-bond acceptors (Lipinski definition) is 4. The number of hydrogen-bond donors (Lipinski definition) is 2. The molecule has 1 fully saturated rings. The molecular weight excluding hydrogens is 398 g/mol. The lowest BCUT2D eigenvalue weighted by Crippen LogP contribution is -2.44. The van der Waals surface area contributed by atoms with Gasteiger partial charge in [0.05, 0.1) is 4.90 Å². The predicted molar refractivity (Wildman–Crippen MR) is 122 cm³/mol. The molecule has 2 N–H and O–H groups in total. The molecule has 1 unspecified atom stereocenters. The van der Waals surface area contributed by atoms with E-state index in [1.165, 1.54) is 29.7 Å². The number of anilines is 1. The Balaban J connectivity index is 1.52. The van der Waals surface area contributed by atoms with E-state index in [0.717, 1.165) is 31.0 Å². The van der Waals surface area contributed by atoms with E-state index < -0.39 is 10.0 Å². The summed E-state index contributed by atoms with van der Waals surface area (Å²) >= 11 is 0. The Morgan fingerprint density at radius 3 is 2.40 bits per heavy atom. The molecule has 7 nitrogen and oxygen atoms in total. The zero-order valence-electron chi connectivity index (χ0n) is 18.1. The van der Waals surface area contributed by atoms with Crippen LogP contribution in [0.5, 0.6) is 0 Å². The van der Waals surface area contributed by atoms with Crippen molar-refractivity contribution in [3.8, 4) is 0 Å². The minimum Gasteiger partial charge on any atom is -0.369 e. The number of sulfonamides is 1. The molecule has 1 atom stereocenters. The SMILES string of the molecule is CN=C(NCc1ccc(S(=O)(=O)N(C)C)cc1)NC1CCN(c2ccc(C)cc2)C1. The van der Waals surface area contributed by atoms with Gasteiger partial charge in [0.25, 0.3) is 0 Å². The summed E-state index contributed by atoms with van der Waals surface area (Å²) in [6.45, 7) is 4.61. The monoisotopic (exact) mass is 429 g/mol. The first-order valence-electron chi connectivity index (χ1n) is 10.1. The molecule has 0 spiro atoms. The molecule has 0 aliphatic carbocycles. The smallest absolute Gasteiger partial charge is 0.242 e. The molecule has 0 aromatic heterocycles. The van der Waals surface area contributed by atoms with Gasteiger partial charge in [-0.2, -0.15) is 0 Å². The second kappa shape index (κ2) is 9.49. The second-order valence-corrected chi connectivity index (χ2v) is 9.92. The fraction of sp³-hybridized carbons (Fsp3) is 0.409. The highest BCUT2D eigenvalue weighted by Gasteiger charge is 2.23. The summed E-state index contributed by atoms with van der Waals surface area (Å²) in [4.78, 5) is 7.01. The van der Waals surface area contributed by atoms with Crippen molar-refractivity contribution in [2.24, 2.45) is 4.99 Å². The third kappa shape index (κ3) is 5.31. The minimum absolute atomic E-state index is 0.293. The summed E-state index contributed by atoms with van der Waals surface area (Å²) < 4.78 is 25.6. The Bertz CT molecular complexity index is 970. The molecule has 1 saturated heterocycles. The quantitative estimate of drug-likeness (QED) is 0.544. The van der Waals surface area contributed by atoms with Crippen molar-refractivity contribution < 1.29 is 8.42 Å². The van der Waals surface area contributed by atoms with Crippen molar-refractivity contribution in [3.05, 3.63) is 59.7 Å². The van der Waals surface area contributed by atoms with E-state index in [4.69, 9.17) is 0 Å². The van der Waals surface area contributed by atoms with Gasteiger partial charge in [-0.25, -0.2) is 12.7 Å². The van der Waals surface area contributed by atoms with E-state index in [-0.39, 0.29) is 0 Å². The predicted octanol–water partition coefficient (Wildman–Crippen LogP) is 2.19. The van der Waals surface area contributed by atoms with Crippen LogP contribution in [0.4, 0.5) is 5.69 Å². The van der Waals surface area contributed by atoms with Crippen LogP contribution >= 0.6 is 0 Å². The van der Waals surface area contributed by atoms with E-state index in [2.05, 4.69) is 51.7 Å². The second-order valence-electron chi connectivity index (χ2n) is 7.77. The summed E-state index contributed by atoms with van der Waals surface area (Å²) in [6.07, 6.45) is 1.05. The molecular formula is C22H31N5O2S. The fourth-order valence-corrected chi connectivity index (χ4v) is 4.33. The molecule has 2 aromatic rings. The van der Waals surface area contributed by atoms with E-state index in [0.29, 0.717) is 17.5 Å². The van der Waals surface area contributed by atoms with Gasteiger partial charge in [0.2, 0.25) is 10.0 Å². The highest BCUT2D eigenvalue weighted by Crippen LogP contribution is 2.20. The minimum atomic E-state index is -3.40. The average molecular weight is 430 g/mol. The summed E-state index contributed by atoms with van der Waals surface area (Å²) in [6, 6.07) is 15.9. The largest absolute Gasteiger partial charge is 0.369 e. The van der Waals surface area contributed by atoms with Gasteiger partial charge in [0, 0.05) is 52.5 Å². The van der Waals surface area contributed by atoms with Gasteiger partial charge in [-0.1, -0.05) is 29.8 Å². The normalized spacial score (nSPS) is 17.4. The molecule has 1 heterocycles. The Kier molecular flexibility index (Phi) is 6.99. The van der Waals surface area contributed by atoms with E-state index >= 15 is 0 Å². The van der Waals surface area contributed by atoms with Crippen LogP contribution in [0, 0.1) is 6.92 Å². The standard InChI is InChI=1S/C22H31N5O2S/c1-17-5-9-20(10-6-17)27-14-13-19(16-27)25-22(23-2)24-15-18-7-11-21(12-8-18)30(28,29)26(3)4/h5-12,19H,13-16H2,1-4H3,(H2,23,24,25). The average Bonchev–Trinajstić information content (AvgIpc) is 3.20. The molecule has 1 aliphatic rings. The van der Waals surface area contributed by atoms with Gasteiger partial charge in [0.1, 0.15) is 0 Å². The highest BCUT2D eigenvalue weighted by molar-refractivity contribution is 7.89. The lowest BCUT2D eigenvalue weighted by atomic mass is 10.2. The van der Waals surface area contributed by atoms with Crippen molar-refractivity contribution >= 4 is 21.7 Å². The number of rotatable bonds is 6. The lowest BCUT2D eigenvalue weighted by molar-refractivity contribution is 0.520. The van der Waals surface area contributed by atoms with Crippen molar-refractivity contribution in [3.63, 3.8) is 0 Å². The Morgan fingerprint density at radius 2 is 1.80 bits per heavy atom. The molecule has 0 bridgehead atoms. The zero-order valence-corrected chi connectivity index (χ0v) is 18.9. The fourth-order valence-electron chi connectivity index (χ4n) is 3.43. The lowest BCUT2D eigenvalue weighted by Gasteiger charge is -2.20. The van der Waals surface area contributed by atoms with Gasteiger partial charge in [0.15, 0.2) is 5.96 Å². The zero-order chi connectivity index (χ0) is 21.7. The number of nitrogens with zero attached hydrogens (tertiary/aromatic N) is 3. The third-order valence-corrected chi connectivity index (χ3v) is 7.14. The van der Waals surface area contributed by atoms with Gasteiger partial charge < -0.3 is 15.5 Å². The third-order valence-electron chi connectivity index (χ3n) is 5.31. The molecule has 162 valence electrons. The molecule has 3 rings (SSSR count). The summed E-state index contributed by atoms with van der Waals surface area (Å²) in [5, 5.41) is 6.81. The van der Waals surface area contributed by atoms with Crippen LogP contribution in [-0.2, 0) is 16.6 Å². The molecule has 30 heavy (non-hydrogen) atoms. The van der Waals surface area contributed by atoms with Crippen LogP contribution in [0.25, 0.3) is 0 Å². The van der Waals surface area contributed by atoms with Crippen LogP contribution in [0.2, 0.25) is 0 Å². The number of guanidine groups is 1. The van der Waals surface area contributed by atoms with Crippen molar-refractivity contribution in [1.29, 1.82) is 0 Å². The molecule has 0 saturated carbocycles. The molecule has 0 radical (unpaired) electrons. The molecule has 1 aliphatic heterocycles. The summed E-state index contributed by atoms with van der Waals surface area (Å²) in [7, 11) is 1.42. The van der Waals surface area contributed by atoms with Gasteiger partial charge in [-0.15, -0.1) is 0 Å². The number of aryl methyl sites for hydroxylation is 1. The number of benzene rings is 2. The Labute approximate surface area is 179 Å². The van der Waals surface area contributed by atoms with Gasteiger partial charge >= 0.3 is 0 Å². The number of aliphatic imine (C=N–C) groups is 1. The van der Waals surface area contributed by atoms with E-state index in [1.807, 2.05) is 12.1 Å². The van der Waals surface area contributed by atoms with Crippen molar-refractivity contribution in [2.75, 3.05) is 39.1 Å². The topological polar surface area (TPSA) is 77.0 Å². The van der Waals surface area contributed by atoms with Crippen LogP contribution < -0.4 is 15.5 Å². The van der Waals surface area contributed by atoms with Gasteiger partial charge in [-0.3, -0.25) is 4.99 Å². The van der Waals surface area contributed by atoms with Gasteiger partial charge in [-0.05, 0) is 43.2 Å². The molecule has 8 heteroatoms. The summed E-state index contributed by atoms with van der Waals surface area (Å²) in [5.41, 5.74) is 3.51. The van der Waals surface area contributed by atoms with Crippen LogP contribution in [0.3, 0.4) is 0 Å². The van der Waals surface area contributed by atoms with E-state index in [1.54, 1.807) is 19.2 Å². The first-order valence-corrected chi connectivity index (χ1v) is 11.5. The van der Waals surface area contributed by atoms with Crippen molar-refractivity contribution in [2.45, 2.75) is 30.8 Å². The maximum atomic E-state index is 12.2. The highest BCUT2D eigenvalue weighted by atomic mass is 32.2.